The molecule has 1 aromatic heterocycles. The van der Waals surface area contributed by atoms with Crippen LogP contribution in [0.4, 0.5) is 11.8 Å². The van der Waals surface area contributed by atoms with Crippen LogP contribution >= 0.6 is 0 Å². The van der Waals surface area contributed by atoms with E-state index in [-0.39, 0.29) is 17.9 Å². The molecule has 2 N–H and O–H groups in total. The van der Waals surface area contributed by atoms with Crippen LogP contribution < -0.4 is 20.3 Å². The molecule has 0 radical (unpaired) electrons. The monoisotopic (exact) mass is 441 g/mol. The number of benzene rings is 1. The van der Waals surface area contributed by atoms with Crippen molar-refractivity contribution in [2.45, 2.75) is 39.2 Å². The molecule has 0 spiro atoms. The molecule has 3 rings (SSSR count). The molecule has 1 aliphatic heterocycles. The normalized spacial score (nSPS) is 13.1. The van der Waals surface area contributed by atoms with Crippen LogP contribution in [-0.2, 0) is 16.0 Å². The van der Waals surface area contributed by atoms with Crippen molar-refractivity contribution >= 4 is 23.6 Å². The van der Waals surface area contributed by atoms with Crippen LogP contribution in [-0.4, -0.2) is 61.2 Å². The summed E-state index contributed by atoms with van der Waals surface area (Å²) in [4.78, 5) is 35.1. The molecule has 2 heterocycles. The van der Waals surface area contributed by atoms with Crippen molar-refractivity contribution < 1.29 is 19.1 Å². The number of nitrogens with one attached hydrogen (secondary N) is 2. The molecule has 9 nitrogen and oxygen atoms in total. The van der Waals surface area contributed by atoms with Gasteiger partial charge < -0.3 is 20.1 Å². The van der Waals surface area contributed by atoms with Crippen LogP contribution in [0.2, 0.25) is 0 Å². The van der Waals surface area contributed by atoms with E-state index in [1.54, 1.807) is 30.3 Å². The molecule has 1 atom stereocenters. The molecule has 0 saturated carbocycles. The lowest BCUT2D eigenvalue weighted by Crippen LogP contribution is -2.34. The van der Waals surface area contributed by atoms with Gasteiger partial charge in [-0.2, -0.15) is 4.98 Å². The number of carbonyl (C=O) groups excluding carboxylic acids is 2. The average molecular weight is 442 g/mol. The number of unbranched alkanes of at least 4 members (excludes halogenated alkanes) is 1. The highest BCUT2D eigenvalue weighted by Crippen LogP contribution is 2.27. The summed E-state index contributed by atoms with van der Waals surface area (Å²) in [5, 5.41) is 5.98. The van der Waals surface area contributed by atoms with Crippen molar-refractivity contribution in [1.29, 1.82) is 0 Å². The van der Waals surface area contributed by atoms with Crippen LogP contribution in [0.1, 0.15) is 42.6 Å². The van der Waals surface area contributed by atoms with Gasteiger partial charge in [-0.3, -0.25) is 14.5 Å². The first-order chi connectivity index (χ1) is 15.5. The van der Waals surface area contributed by atoms with Gasteiger partial charge in [0.2, 0.25) is 11.9 Å². The minimum atomic E-state index is -0.131. The molecule has 1 aromatic carbocycles. The smallest absolute Gasteiger partial charge is 0.259 e. The predicted octanol–water partition coefficient (Wildman–Crippen LogP) is 2.42. The molecule has 0 bridgehead atoms. The fraction of sp³-hybridized carbons (Fsp3) is 0.478. The van der Waals surface area contributed by atoms with Gasteiger partial charge in [-0.25, -0.2) is 4.98 Å². The van der Waals surface area contributed by atoms with Crippen LogP contribution in [0.15, 0.2) is 30.5 Å². The van der Waals surface area contributed by atoms with E-state index in [1.165, 1.54) is 6.92 Å². The highest BCUT2D eigenvalue weighted by Gasteiger charge is 2.22. The second-order valence-electron chi connectivity index (χ2n) is 7.81. The van der Waals surface area contributed by atoms with Gasteiger partial charge >= 0.3 is 0 Å². The zero-order valence-electron chi connectivity index (χ0n) is 18.9. The SMILES string of the molecule is COC[C@H](C)Nc1nccc(N(CCCCNC(C)=O)C(=O)c2ccc3c(c2)CCO3)n1. The third-order valence-electron chi connectivity index (χ3n) is 5.07. The standard InChI is InChI=1S/C23H31N5O4/c1-16(15-31-3)26-23-25-11-8-21(27-23)28(12-5-4-10-24-17(2)29)22(30)19-6-7-20-18(14-19)9-13-32-20/h6-8,11,14,16H,4-5,9-10,12-13,15H2,1-3H3,(H,24,29)(H,25,26,27)/t16-/m0/s1. The summed E-state index contributed by atoms with van der Waals surface area (Å²) < 4.78 is 10.7. The number of carbonyl (C=O) groups is 2. The summed E-state index contributed by atoms with van der Waals surface area (Å²) >= 11 is 0. The molecule has 0 fully saturated rings. The highest BCUT2D eigenvalue weighted by atomic mass is 16.5. The molecule has 0 unspecified atom stereocenters. The van der Waals surface area contributed by atoms with Crippen molar-refractivity contribution in [2.75, 3.05) is 43.6 Å². The topological polar surface area (TPSA) is 106 Å². The van der Waals surface area contributed by atoms with Gasteiger partial charge in [-0.1, -0.05) is 0 Å². The Morgan fingerprint density at radius 3 is 2.91 bits per heavy atom. The van der Waals surface area contributed by atoms with E-state index < -0.39 is 0 Å². The highest BCUT2D eigenvalue weighted by molar-refractivity contribution is 6.05. The lowest BCUT2D eigenvalue weighted by atomic mass is 10.1. The van der Waals surface area contributed by atoms with Crippen molar-refractivity contribution in [3.8, 4) is 5.75 Å². The van der Waals surface area contributed by atoms with Gasteiger partial charge in [0.25, 0.3) is 5.91 Å². The molecule has 2 aromatic rings. The summed E-state index contributed by atoms with van der Waals surface area (Å²) in [5.74, 6) is 1.60. The van der Waals surface area contributed by atoms with Crippen LogP contribution in [0.3, 0.4) is 0 Å². The Balaban J connectivity index is 1.78. The minimum Gasteiger partial charge on any atom is -0.493 e. The van der Waals surface area contributed by atoms with E-state index in [0.717, 1.165) is 24.2 Å². The van der Waals surface area contributed by atoms with E-state index in [4.69, 9.17) is 9.47 Å². The first-order valence-corrected chi connectivity index (χ1v) is 10.9. The zero-order chi connectivity index (χ0) is 22.9. The number of anilines is 2. The molecule has 0 saturated heterocycles. The Morgan fingerprint density at radius 2 is 2.12 bits per heavy atom. The average Bonchev–Trinajstić information content (AvgIpc) is 3.24. The maximum atomic E-state index is 13.5. The van der Waals surface area contributed by atoms with Crippen molar-refractivity contribution in [3.05, 3.63) is 41.6 Å². The number of ether oxygens (including phenoxy) is 2. The number of hydrogen-bond donors (Lipinski definition) is 2. The van der Waals surface area contributed by atoms with E-state index in [1.807, 2.05) is 19.1 Å². The fourth-order valence-electron chi connectivity index (χ4n) is 3.54. The lowest BCUT2D eigenvalue weighted by molar-refractivity contribution is -0.118. The molecule has 1 aliphatic rings. The Bertz CT molecular complexity index is 936. The van der Waals surface area contributed by atoms with Crippen LogP contribution in [0.5, 0.6) is 5.75 Å². The Labute approximate surface area is 188 Å². The summed E-state index contributed by atoms with van der Waals surface area (Å²) in [5.41, 5.74) is 1.64. The Morgan fingerprint density at radius 1 is 1.28 bits per heavy atom. The molecule has 2 amide bonds. The van der Waals surface area contributed by atoms with E-state index >= 15 is 0 Å². The minimum absolute atomic E-state index is 0.0220. The molecule has 0 aliphatic carbocycles. The molecular weight excluding hydrogens is 410 g/mol. The largest absolute Gasteiger partial charge is 0.493 e. The predicted molar refractivity (Wildman–Crippen MR) is 122 cm³/mol. The van der Waals surface area contributed by atoms with Gasteiger partial charge in [0.05, 0.1) is 13.2 Å². The lowest BCUT2D eigenvalue weighted by Gasteiger charge is -2.23. The number of hydrogen-bond acceptors (Lipinski definition) is 7. The van der Waals surface area contributed by atoms with Crippen molar-refractivity contribution in [1.82, 2.24) is 15.3 Å². The number of nitrogens with zero attached hydrogens (tertiary/aromatic N) is 3. The maximum Gasteiger partial charge on any atom is 0.259 e. The van der Waals surface area contributed by atoms with Crippen LogP contribution in [0, 0.1) is 0 Å². The fourth-order valence-corrected chi connectivity index (χ4v) is 3.54. The summed E-state index contributed by atoms with van der Waals surface area (Å²) in [7, 11) is 1.64. The second kappa shape index (κ2) is 11.4. The second-order valence-corrected chi connectivity index (χ2v) is 7.81. The molecule has 172 valence electrons. The Hall–Kier alpha value is -3.20. The first kappa shape index (κ1) is 23.5. The molecular formula is C23H31N5O4. The summed E-state index contributed by atoms with van der Waals surface area (Å²) in [6.07, 6.45) is 3.90. The number of rotatable bonds is 11. The Kier molecular flexibility index (Phi) is 8.38. The van der Waals surface area contributed by atoms with E-state index in [9.17, 15) is 9.59 Å². The molecule has 32 heavy (non-hydrogen) atoms. The maximum absolute atomic E-state index is 13.5. The number of amides is 2. The van der Waals surface area contributed by atoms with E-state index in [2.05, 4.69) is 20.6 Å². The summed E-state index contributed by atoms with van der Waals surface area (Å²) in [6, 6.07) is 7.29. The molecule has 9 heteroatoms. The van der Waals surface area contributed by atoms with Crippen molar-refractivity contribution in [3.63, 3.8) is 0 Å². The van der Waals surface area contributed by atoms with Crippen LogP contribution in [0.25, 0.3) is 0 Å². The van der Waals surface area contributed by atoms with Gasteiger partial charge in [-0.05, 0) is 49.6 Å². The zero-order valence-corrected chi connectivity index (χ0v) is 18.9. The van der Waals surface area contributed by atoms with Gasteiger partial charge in [0, 0.05) is 51.3 Å². The quantitative estimate of drug-likeness (QED) is 0.516. The van der Waals surface area contributed by atoms with Crippen molar-refractivity contribution in [2.24, 2.45) is 0 Å². The van der Waals surface area contributed by atoms with Gasteiger partial charge in [0.1, 0.15) is 11.6 Å². The third-order valence-corrected chi connectivity index (χ3v) is 5.07. The number of fused-ring (bicyclic) bond motifs is 1. The number of methoxy groups -OCH3 is 1. The summed E-state index contributed by atoms with van der Waals surface area (Å²) in [6.45, 7) is 5.65. The number of aromatic nitrogens is 2. The van der Waals surface area contributed by atoms with E-state index in [0.29, 0.717) is 50.1 Å². The van der Waals surface area contributed by atoms with Gasteiger partial charge in [-0.15, -0.1) is 0 Å². The first-order valence-electron chi connectivity index (χ1n) is 10.9. The third kappa shape index (κ3) is 6.40. The van der Waals surface area contributed by atoms with Gasteiger partial charge in [0.15, 0.2) is 0 Å².